The number of carbonyl (C=O) groups excluding carboxylic acids is 2. The third-order valence-electron chi connectivity index (χ3n) is 9.27. The summed E-state index contributed by atoms with van der Waals surface area (Å²) in [6.07, 6.45) is 4.31. The van der Waals surface area contributed by atoms with Crippen LogP contribution >= 0.6 is 15.9 Å². The van der Waals surface area contributed by atoms with Gasteiger partial charge in [0.05, 0.1) is 35.2 Å². The molecule has 5 rings (SSSR count). The van der Waals surface area contributed by atoms with Crippen LogP contribution in [-0.4, -0.2) is 41.1 Å². The minimum atomic E-state index is -0.461. The number of fused-ring (bicyclic) bond motifs is 2. The molecule has 1 saturated heterocycles. The largest absolute Gasteiger partial charge is 0.494 e. The zero-order chi connectivity index (χ0) is 29.5. The smallest absolute Gasteiger partial charge is 0.486 e. The van der Waals surface area contributed by atoms with Crippen molar-refractivity contribution in [1.29, 1.82) is 0 Å². The van der Waals surface area contributed by atoms with Crippen molar-refractivity contribution < 1.29 is 28.4 Å². The zero-order valence-electron chi connectivity index (χ0n) is 25.1. The van der Waals surface area contributed by atoms with E-state index in [4.69, 9.17) is 18.8 Å². The Kier molecular flexibility index (Phi) is 8.67. The molecule has 3 aliphatic heterocycles. The maximum atomic E-state index is 12.7. The van der Waals surface area contributed by atoms with E-state index in [0.717, 1.165) is 41.4 Å². The van der Waals surface area contributed by atoms with E-state index < -0.39 is 18.3 Å². The van der Waals surface area contributed by atoms with Gasteiger partial charge < -0.3 is 18.8 Å². The summed E-state index contributed by atoms with van der Waals surface area (Å²) in [6.45, 7) is 16.4. The zero-order valence-corrected chi connectivity index (χ0v) is 26.7. The van der Waals surface area contributed by atoms with E-state index in [2.05, 4.69) is 43.6 Å². The van der Waals surface area contributed by atoms with Gasteiger partial charge in [-0.05, 0) is 89.2 Å². The summed E-state index contributed by atoms with van der Waals surface area (Å²) in [5, 5.41) is 0. The van der Waals surface area contributed by atoms with Gasteiger partial charge in [-0.15, -0.1) is 0 Å². The SMILES string of the molecule is CCC1(CC)CC(=O)c2cc(B3OC(C)(C)C(C)(C)O3)ccc2O1.CCC1(CC)CC(=O)c2cc(Br)ccc2O1. The summed E-state index contributed by atoms with van der Waals surface area (Å²) in [4.78, 5) is 24.7. The van der Waals surface area contributed by atoms with Gasteiger partial charge in [0.25, 0.3) is 0 Å². The van der Waals surface area contributed by atoms with Crippen molar-refractivity contribution >= 4 is 40.1 Å². The van der Waals surface area contributed by atoms with Gasteiger partial charge in [-0.3, -0.25) is 9.59 Å². The fraction of sp³-hybridized carbons (Fsp3) is 0.562. The molecule has 0 spiro atoms. The van der Waals surface area contributed by atoms with Gasteiger partial charge in [-0.2, -0.15) is 0 Å². The number of Topliss-reactive ketones (excluding diaryl/α,β-unsaturated/α-hetero) is 2. The van der Waals surface area contributed by atoms with Gasteiger partial charge in [0.15, 0.2) is 11.6 Å². The summed E-state index contributed by atoms with van der Waals surface area (Å²) < 4.78 is 25.3. The molecule has 0 unspecified atom stereocenters. The van der Waals surface area contributed by atoms with Gasteiger partial charge in [-0.25, -0.2) is 0 Å². The van der Waals surface area contributed by atoms with Crippen molar-refractivity contribution in [1.82, 2.24) is 0 Å². The second-order valence-electron chi connectivity index (χ2n) is 12.2. The van der Waals surface area contributed by atoms with Crippen LogP contribution < -0.4 is 14.9 Å². The lowest BCUT2D eigenvalue weighted by atomic mass is 9.76. The molecule has 8 heteroatoms. The highest BCUT2D eigenvalue weighted by atomic mass is 79.9. The first kappa shape index (κ1) is 30.8. The van der Waals surface area contributed by atoms with Crippen LogP contribution in [0, 0.1) is 0 Å². The first-order chi connectivity index (χ1) is 18.7. The molecular weight excluding hydrogens is 571 g/mol. The summed E-state index contributed by atoms with van der Waals surface area (Å²) >= 11 is 3.37. The standard InChI is InChI=1S/C19H27BO4.C13H15BrO2/c1-7-19(8-2)12-15(21)14-11-13(9-10-16(14)22-19)20-23-17(3,4)18(5,6)24-20;1-3-13(4-2)8-11(15)10-7-9(14)5-6-12(10)16-13/h9-11H,7-8,12H2,1-6H3;5-7H,3-4,8H2,1-2H3. The number of rotatable bonds is 5. The quantitative estimate of drug-likeness (QED) is 0.326. The number of hydrogen-bond acceptors (Lipinski definition) is 6. The maximum absolute atomic E-state index is 12.7. The van der Waals surface area contributed by atoms with Crippen molar-refractivity contribution in [2.45, 2.75) is 116 Å². The van der Waals surface area contributed by atoms with Gasteiger partial charge in [0.1, 0.15) is 22.7 Å². The van der Waals surface area contributed by atoms with Crippen LogP contribution in [0.3, 0.4) is 0 Å². The number of halogens is 1. The molecule has 3 aliphatic rings. The number of benzene rings is 2. The van der Waals surface area contributed by atoms with Crippen LogP contribution in [0.25, 0.3) is 0 Å². The van der Waals surface area contributed by atoms with E-state index in [1.165, 1.54) is 0 Å². The van der Waals surface area contributed by atoms with Crippen molar-refractivity contribution in [3.05, 3.63) is 52.0 Å². The van der Waals surface area contributed by atoms with Crippen molar-refractivity contribution in [3.8, 4) is 11.5 Å². The minimum Gasteiger partial charge on any atom is -0.486 e. The Morgan fingerprint density at radius 2 is 1.12 bits per heavy atom. The molecule has 1 fully saturated rings. The first-order valence-electron chi connectivity index (χ1n) is 14.5. The lowest BCUT2D eigenvalue weighted by Gasteiger charge is -2.36. The van der Waals surface area contributed by atoms with E-state index in [0.29, 0.717) is 29.7 Å². The summed E-state index contributed by atoms with van der Waals surface area (Å²) in [6, 6.07) is 11.3. The molecule has 2 aromatic rings. The molecule has 0 radical (unpaired) electrons. The lowest BCUT2D eigenvalue weighted by molar-refractivity contribution is 0.00578. The molecule has 0 aliphatic carbocycles. The highest BCUT2D eigenvalue weighted by molar-refractivity contribution is 9.10. The van der Waals surface area contributed by atoms with Gasteiger partial charge in [-0.1, -0.05) is 49.7 Å². The van der Waals surface area contributed by atoms with Crippen LogP contribution in [0.4, 0.5) is 0 Å². The van der Waals surface area contributed by atoms with E-state index in [1.54, 1.807) is 0 Å². The molecule has 3 heterocycles. The van der Waals surface area contributed by atoms with Gasteiger partial charge in [0.2, 0.25) is 0 Å². The Morgan fingerprint density at radius 3 is 1.57 bits per heavy atom. The monoisotopic (exact) mass is 612 g/mol. The summed E-state index contributed by atoms with van der Waals surface area (Å²) in [5.41, 5.74) is 0.756. The molecule has 6 nitrogen and oxygen atoms in total. The summed E-state index contributed by atoms with van der Waals surface area (Å²) in [7, 11) is -0.461. The molecule has 2 aromatic carbocycles. The Morgan fingerprint density at radius 1 is 0.700 bits per heavy atom. The topological polar surface area (TPSA) is 71.1 Å². The van der Waals surface area contributed by atoms with E-state index in [-0.39, 0.29) is 22.8 Å². The Bertz CT molecular complexity index is 1260. The average molecular weight is 613 g/mol. The number of carbonyl (C=O) groups is 2. The van der Waals surface area contributed by atoms with Gasteiger partial charge in [0, 0.05) is 4.47 Å². The molecule has 0 bridgehead atoms. The Balaban J connectivity index is 0.000000201. The van der Waals surface area contributed by atoms with E-state index >= 15 is 0 Å². The van der Waals surface area contributed by atoms with Crippen LogP contribution in [-0.2, 0) is 9.31 Å². The second kappa shape index (κ2) is 11.3. The predicted octanol–water partition coefficient (Wildman–Crippen LogP) is 7.48. The molecule has 0 N–H and O–H groups in total. The fourth-order valence-electron chi connectivity index (χ4n) is 5.39. The minimum absolute atomic E-state index is 0.137. The normalized spacial score (nSPS) is 21.4. The molecule has 0 saturated carbocycles. The third kappa shape index (κ3) is 5.77. The number of hydrogen-bond donors (Lipinski definition) is 0. The fourth-order valence-corrected chi connectivity index (χ4v) is 5.75. The number of ether oxygens (including phenoxy) is 2. The van der Waals surface area contributed by atoms with Crippen molar-refractivity contribution in [3.63, 3.8) is 0 Å². The number of ketones is 2. The second-order valence-corrected chi connectivity index (χ2v) is 13.1. The molecule has 0 aromatic heterocycles. The maximum Gasteiger partial charge on any atom is 0.494 e. The molecule has 216 valence electrons. The predicted molar refractivity (Wildman–Crippen MR) is 162 cm³/mol. The molecule has 0 amide bonds. The highest BCUT2D eigenvalue weighted by Gasteiger charge is 2.52. The Labute approximate surface area is 247 Å². The van der Waals surface area contributed by atoms with Crippen LogP contribution in [0.1, 0.15) is 115 Å². The molecular formula is C32H42BBrO6. The summed E-state index contributed by atoms with van der Waals surface area (Å²) in [5.74, 6) is 1.72. The third-order valence-corrected chi connectivity index (χ3v) is 9.76. The van der Waals surface area contributed by atoms with Crippen molar-refractivity contribution in [2.24, 2.45) is 0 Å². The molecule has 0 atom stereocenters. The Hall–Kier alpha value is -2.16. The average Bonchev–Trinajstić information content (AvgIpc) is 3.15. The van der Waals surface area contributed by atoms with Gasteiger partial charge >= 0.3 is 7.12 Å². The molecule has 40 heavy (non-hydrogen) atoms. The van der Waals surface area contributed by atoms with E-state index in [1.807, 2.05) is 64.1 Å². The lowest BCUT2D eigenvalue weighted by Crippen LogP contribution is -2.42. The first-order valence-corrected chi connectivity index (χ1v) is 15.3. The van der Waals surface area contributed by atoms with Crippen LogP contribution in [0.15, 0.2) is 40.9 Å². The van der Waals surface area contributed by atoms with E-state index in [9.17, 15) is 9.59 Å². The van der Waals surface area contributed by atoms with Crippen LogP contribution in [0.5, 0.6) is 11.5 Å². The highest BCUT2D eigenvalue weighted by Crippen LogP contribution is 2.40. The van der Waals surface area contributed by atoms with Crippen LogP contribution in [0.2, 0.25) is 0 Å². The van der Waals surface area contributed by atoms with Crippen molar-refractivity contribution in [2.75, 3.05) is 0 Å².